The lowest BCUT2D eigenvalue weighted by Crippen LogP contribution is -2.48. The topological polar surface area (TPSA) is 87.6 Å². The quantitative estimate of drug-likeness (QED) is 0.784. The van der Waals surface area contributed by atoms with Gasteiger partial charge in [-0.15, -0.1) is 0 Å². The molecule has 3 heterocycles. The number of amides is 1. The standard InChI is InChI=1S/C17H26N4O4/c22-15-5-8-20(17(24)18-15)13-16(23)21-6-2-1-3-14(21)4-7-19-9-11-25-12-10-19/h5,8,14H,1-4,6-7,9-13H2,(H,18,22,24)/t14-/m0/s1. The van der Waals surface area contributed by atoms with E-state index in [0.29, 0.717) is 0 Å². The zero-order valence-electron chi connectivity index (χ0n) is 14.5. The molecule has 0 spiro atoms. The number of carbonyl (C=O) groups excluding carboxylic acids is 1. The van der Waals surface area contributed by atoms with Gasteiger partial charge >= 0.3 is 5.69 Å². The highest BCUT2D eigenvalue weighted by Crippen LogP contribution is 2.20. The van der Waals surface area contributed by atoms with Crippen LogP contribution in [0.2, 0.25) is 0 Å². The fourth-order valence-corrected chi connectivity index (χ4v) is 3.59. The van der Waals surface area contributed by atoms with E-state index in [9.17, 15) is 14.4 Å². The summed E-state index contributed by atoms with van der Waals surface area (Å²) in [4.78, 5) is 42.1. The lowest BCUT2D eigenvalue weighted by Gasteiger charge is -2.37. The fourth-order valence-electron chi connectivity index (χ4n) is 3.59. The molecule has 2 aliphatic rings. The maximum atomic E-state index is 12.7. The number of H-pyrrole nitrogens is 1. The van der Waals surface area contributed by atoms with Crippen molar-refractivity contribution in [1.29, 1.82) is 0 Å². The Kier molecular flexibility index (Phi) is 6.04. The molecule has 0 unspecified atom stereocenters. The van der Waals surface area contributed by atoms with Crippen LogP contribution in [-0.2, 0) is 16.1 Å². The van der Waals surface area contributed by atoms with E-state index in [-0.39, 0.29) is 18.5 Å². The van der Waals surface area contributed by atoms with Gasteiger partial charge in [-0.1, -0.05) is 0 Å². The van der Waals surface area contributed by atoms with E-state index in [1.807, 2.05) is 4.90 Å². The number of rotatable bonds is 5. The molecule has 0 saturated carbocycles. The molecular weight excluding hydrogens is 324 g/mol. The van der Waals surface area contributed by atoms with E-state index in [2.05, 4.69) is 9.88 Å². The monoisotopic (exact) mass is 350 g/mol. The van der Waals surface area contributed by atoms with Crippen molar-refractivity contribution in [2.75, 3.05) is 39.4 Å². The van der Waals surface area contributed by atoms with Crippen molar-refractivity contribution in [2.24, 2.45) is 0 Å². The first-order valence-electron chi connectivity index (χ1n) is 9.03. The second kappa shape index (κ2) is 8.44. The summed E-state index contributed by atoms with van der Waals surface area (Å²) in [5.74, 6) is -0.0548. The number of nitrogens with zero attached hydrogens (tertiary/aromatic N) is 3. The molecule has 1 aromatic heterocycles. The van der Waals surface area contributed by atoms with E-state index in [4.69, 9.17) is 4.74 Å². The van der Waals surface area contributed by atoms with Crippen LogP contribution >= 0.6 is 0 Å². The Morgan fingerprint density at radius 2 is 2.00 bits per heavy atom. The minimum absolute atomic E-state index is 0.0241. The SMILES string of the molecule is O=C(Cn1ccc(=O)[nH]c1=O)N1CCCC[C@H]1CCN1CCOCC1. The number of ether oxygens (including phenoxy) is 1. The van der Waals surface area contributed by atoms with Crippen LogP contribution in [-0.4, -0.2) is 70.7 Å². The van der Waals surface area contributed by atoms with Crippen LogP contribution in [0.15, 0.2) is 21.9 Å². The Morgan fingerprint density at radius 1 is 1.20 bits per heavy atom. The molecule has 0 aliphatic carbocycles. The number of piperidine rings is 1. The molecule has 0 bridgehead atoms. The van der Waals surface area contributed by atoms with Crippen molar-refractivity contribution in [3.8, 4) is 0 Å². The highest BCUT2D eigenvalue weighted by Gasteiger charge is 2.27. The third-order valence-corrected chi connectivity index (χ3v) is 5.03. The van der Waals surface area contributed by atoms with Crippen molar-refractivity contribution in [3.05, 3.63) is 33.1 Å². The highest BCUT2D eigenvalue weighted by molar-refractivity contribution is 5.76. The number of aromatic amines is 1. The van der Waals surface area contributed by atoms with E-state index < -0.39 is 11.2 Å². The van der Waals surface area contributed by atoms with Gasteiger partial charge in [0, 0.05) is 44.5 Å². The molecule has 1 atom stereocenters. The first-order valence-corrected chi connectivity index (χ1v) is 9.03. The summed E-state index contributed by atoms with van der Waals surface area (Å²) >= 11 is 0. The van der Waals surface area contributed by atoms with Crippen LogP contribution in [0.25, 0.3) is 0 Å². The molecule has 1 N–H and O–H groups in total. The Morgan fingerprint density at radius 3 is 2.76 bits per heavy atom. The summed E-state index contributed by atoms with van der Waals surface area (Å²) in [5, 5.41) is 0. The largest absolute Gasteiger partial charge is 0.379 e. The minimum atomic E-state index is -0.539. The van der Waals surface area contributed by atoms with Gasteiger partial charge in [0.05, 0.1) is 13.2 Å². The summed E-state index contributed by atoms with van der Waals surface area (Å²) in [6.45, 7) is 5.15. The third-order valence-electron chi connectivity index (χ3n) is 5.03. The van der Waals surface area contributed by atoms with Crippen LogP contribution in [0, 0.1) is 0 Å². The molecule has 138 valence electrons. The van der Waals surface area contributed by atoms with Crippen molar-refractivity contribution in [3.63, 3.8) is 0 Å². The minimum Gasteiger partial charge on any atom is -0.379 e. The van der Waals surface area contributed by atoms with Gasteiger partial charge in [0.25, 0.3) is 5.56 Å². The summed E-state index contributed by atoms with van der Waals surface area (Å²) in [6.07, 6.45) is 5.48. The van der Waals surface area contributed by atoms with Crippen molar-refractivity contribution < 1.29 is 9.53 Å². The van der Waals surface area contributed by atoms with Crippen LogP contribution in [0.1, 0.15) is 25.7 Å². The van der Waals surface area contributed by atoms with Gasteiger partial charge in [-0.05, 0) is 25.7 Å². The molecule has 8 heteroatoms. The molecule has 0 aromatic carbocycles. The summed E-state index contributed by atoms with van der Waals surface area (Å²) < 4.78 is 6.63. The smallest absolute Gasteiger partial charge is 0.328 e. The average Bonchev–Trinajstić information content (AvgIpc) is 2.63. The molecule has 1 amide bonds. The van der Waals surface area contributed by atoms with E-state index in [1.54, 1.807) is 0 Å². The van der Waals surface area contributed by atoms with Gasteiger partial charge in [-0.25, -0.2) is 4.79 Å². The second-order valence-electron chi connectivity index (χ2n) is 6.72. The lowest BCUT2D eigenvalue weighted by atomic mass is 9.99. The van der Waals surface area contributed by atoms with Crippen molar-refractivity contribution in [2.45, 2.75) is 38.3 Å². The van der Waals surface area contributed by atoms with Gasteiger partial charge < -0.3 is 9.64 Å². The maximum absolute atomic E-state index is 12.7. The van der Waals surface area contributed by atoms with Crippen LogP contribution in [0.5, 0.6) is 0 Å². The molecule has 0 radical (unpaired) electrons. The van der Waals surface area contributed by atoms with Gasteiger partial charge in [-0.2, -0.15) is 0 Å². The summed E-state index contributed by atoms with van der Waals surface area (Å²) in [7, 11) is 0. The normalized spacial score (nSPS) is 22.1. The zero-order chi connectivity index (χ0) is 17.6. The second-order valence-corrected chi connectivity index (χ2v) is 6.72. The van der Waals surface area contributed by atoms with E-state index in [1.165, 1.54) is 16.8 Å². The average molecular weight is 350 g/mol. The Bertz CT molecular complexity index is 692. The molecule has 8 nitrogen and oxygen atoms in total. The van der Waals surface area contributed by atoms with Gasteiger partial charge in [0.2, 0.25) is 5.91 Å². The predicted octanol–water partition coefficient (Wildman–Crippen LogP) is -0.360. The van der Waals surface area contributed by atoms with Crippen molar-refractivity contribution in [1.82, 2.24) is 19.4 Å². The number of carbonyl (C=O) groups is 1. The summed E-state index contributed by atoms with van der Waals surface area (Å²) in [5.41, 5.74) is -0.988. The molecule has 2 fully saturated rings. The number of nitrogens with one attached hydrogen (secondary N) is 1. The lowest BCUT2D eigenvalue weighted by molar-refractivity contribution is -0.135. The van der Waals surface area contributed by atoms with E-state index >= 15 is 0 Å². The predicted molar refractivity (Wildman–Crippen MR) is 92.6 cm³/mol. The molecule has 2 aliphatic heterocycles. The Hall–Kier alpha value is -1.93. The number of likely N-dealkylation sites (tertiary alicyclic amines) is 1. The number of aromatic nitrogens is 2. The van der Waals surface area contributed by atoms with Gasteiger partial charge in [-0.3, -0.25) is 24.0 Å². The van der Waals surface area contributed by atoms with Crippen LogP contribution in [0.3, 0.4) is 0 Å². The Balaban J connectivity index is 1.60. The number of morpholine rings is 1. The van der Waals surface area contributed by atoms with Crippen molar-refractivity contribution >= 4 is 5.91 Å². The van der Waals surface area contributed by atoms with Crippen LogP contribution < -0.4 is 11.2 Å². The fraction of sp³-hybridized carbons (Fsp3) is 0.706. The molecule has 25 heavy (non-hydrogen) atoms. The zero-order valence-corrected chi connectivity index (χ0v) is 14.5. The molecule has 3 rings (SSSR count). The number of hydrogen-bond acceptors (Lipinski definition) is 5. The van der Waals surface area contributed by atoms with E-state index in [0.717, 1.165) is 65.1 Å². The van der Waals surface area contributed by atoms with Gasteiger partial charge in [0.1, 0.15) is 6.54 Å². The molecule has 1 aromatic rings. The third kappa shape index (κ3) is 4.79. The number of hydrogen-bond donors (Lipinski definition) is 1. The highest BCUT2D eigenvalue weighted by atomic mass is 16.5. The Labute approximate surface area is 146 Å². The molecular formula is C17H26N4O4. The first-order chi connectivity index (χ1) is 12.1. The van der Waals surface area contributed by atoms with Gasteiger partial charge in [0.15, 0.2) is 0 Å². The molecule has 2 saturated heterocycles. The maximum Gasteiger partial charge on any atom is 0.328 e. The van der Waals surface area contributed by atoms with Crippen LogP contribution in [0.4, 0.5) is 0 Å². The summed E-state index contributed by atoms with van der Waals surface area (Å²) in [6, 6.07) is 1.49. The first kappa shape index (κ1) is 17.9.